The van der Waals surface area contributed by atoms with Crippen LogP contribution in [-0.4, -0.2) is 26.4 Å². The summed E-state index contributed by atoms with van der Waals surface area (Å²) in [7, 11) is 0. The van der Waals surface area contributed by atoms with Gasteiger partial charge in [0.15, 0.2) is 11.0 Å². The number of aromatic nitrogens is 3. The number of thioether (sulfide) groups is 1. The van der Waals surface area contributed by atoms with Crippen molar-refractivity contribution in [2.75, 3.05) is 11.1 Å². The Kier molecular flexibility index (Phi) is 7.06. The first kappa shape index (κ1) is 20.4. The number of allylic oxidation sites excluding steroid dienone is 1. The summed E-state index contributed by atoms with van der Waals surface area (Å²) >= 11 is 3.11. The van der Waals surface area contributed by atoms with E-state index >= 15 is 0 Å². The summed E-state index contributed by atoms with van der Waals surface area (Å²) < 4.78 is 2.00. The van der Waals surface area contributed by atoms with Gasteiger partial charge in [0.25, 0.3) is 0 Å². The van der Waals surface area contributed by atoms with Gasteiger partial charge >= 0.3 is 0 Å². The van der Waals surface area contributed by atoms with Crippen LogP contribution >= 0.6 is 23.1 Å². The van der Waals surface area contributed by atoms with Crippen molar-refractivity contribution in [3.8, 4) is 11.4 Å². The molecule has 0 fully saturated rings. The molecule has 0 bridgehead atoms. The molecule has 0 saturated heterocycles. The van der Waals surface area contributed by atoms with E-state index in [1.165, 1.54) is 22.2 Å². The fourth-order valence-corrected chi connectivity index (χ4v) is 4.30. The van der Waals surface area contributed by atoms with Gasteiger partial charge in [-0.25, -0.2) is 0 Å². The van der Waals surface area contributed by atoms with E-state index in [0.717, 1.165) is 35.1 Å². The minimum absolute atomic E-state index is 0.0623. The lowest BCUT2D eigenvalue weighted by molar-refractivity contribution is -0.113. The summed E-state index contributed by atoms with van der Waals surface area (Å²) in [5.74, 6) is 1.02. The number of nitrogens with zero attached hydrogens (tertiary/aromatic N) is 3. The second-order valence-electron chi connectivity index (χ2n) is 6.25. The highest BCUT2D eigenvalue weighted by atomic mass is 32.2. The van der Waals surface area contributed by atoms with Crippen molar-refractivity contribution in [3.63, 3.8) is 0 Å². The molecule has 0 saturated carbocycles. The molecule has 2 aromatic heterocycles. The Labute approximate surface area is 173 Å². The van der Waals surface area contributed by atoms with Crippen molar-refractivity contribution in [1.29, 1.82) is 0 Å². The van der Waals surface area contributed by atoms with Crippen LogP contribution in [0.2, 0.25) is 0 Å². The molecule has 0 atom stereocenters. The summed E-state index contributed by atoms with van der Waals surface area (Å²) in [5.41, 5.74) is 3.11. The van der Waals surface area contributed by atoms with Crippen molar-refractivity contribution in [1.82, 2.24) is 14.8 Å². The number of hydrogen-bond acceptors (Lipinski definition) is 5. The minimum atomic E-state index is -0.0623. The summed E-state index contributed by atoms with van der Waals surface area (Å²) in [4.78, 5) is 13.6. The molecule has 28 heavy (non-hydrogen) atoms. The Balaban J connectivity index is 1.67. The monoisotopic (exact) mass is 412 g/mol. The summed E-state index contributed by atoms with van der Waals surface area (Å²) in [6, 6.07) is 10.1. The van der Waals surface area contributed by atoms with Crippen molar-refractivity contribution in [3.05, 3.63) is 58.8 Å². The van der Waals surface area contributed by atoms with Crippen LogP contribution in [0.1, 0.15) is 24.3 Å². The third-order valence-electron chi connectivity index (χ3n) is 4.27. The van der Waals surface area contributed by atoms with E-state index in [0.29, 0.717) is 6.54 Å². The third kappa shape index (κ3) is 4.91. The van der Waals surface area contributed by atoms with Crippen LogP contribution in [0.15, 0.2) is 53.5 Å². The van der Waals surface area contributed by atoms with Gasteiger partial charge in [0, 0.05) is 28.1 Å². The van der Waals surface area contributed by atoms with Crippen LogP contribution < -0.4 is 5.32 Å². The second-order valence-corrected chi connectivity index (χ2v) is 8.19. The van der Waals surface area contributed by atoms with E-state index in [9.17, 15) is 4.79 Å². The molecular weight excluding hydrogens is 388 g/mol. The molecule has 3 aromatic rings. The fraction of sp³-hybridized carbons (Fsp3) is 0.286. The molecule has 5 nitrogen and oxygen atoms in total. The van der Waals surface area contributed by atoms with Crippen molar-refractivity contribution < 1.29 is 4.79 Å². The average molecular weight is 413 g/mol. The zero-order valence-corrected chi connectivity index (χ0v) is 17.8. The highest BCUT2D eigenvalue weighted by Crippen LogP contribution is 2.28. The molecule has 3 rings (SSSR count). The maximum absolute atomic E-state index is 12.3. The molecule has 146 valence electrons. The topological polar surface area (TPSA) is 59.8 Å². The number of hydrogen-bond donors (Lipinski definition) is 1. The van der Waals surface area contributed by atoms with E-state index in [2.05, 4.69) is 47.4 Å². The lowest BCUT2D eigenvalue weighted by atomic mass is 10.1. The number of rotatable bonds is 9. The van der Waals surface area contributed by atoms with Gasteiger partial charge in [0.1, 0.15) is 0 Å². The number of benzene rings is 1. The molecule has 0 aliphatic heterocycles. The van der Waals surface area contributed by atoms with Gasteiger partial charge in [0.05, 0.1) is 5.75 Å². The van der Waals surface area contributed by atoms with Crippen LogP contribution in [0.25, 0.3) is 11.4 Å². The lowest BCUT2D eigenvalue weighted by Crippen LogP contribution is -2.14. The Hall–Kier alpha value is -2.38. The van der Waals surface area contributed by atoms with Gasteiger partial charge in [-0.2, -0.15) is 0 Å². The molecule has 2 heterocycles. The van der Waals surface area contributed by atoms with Crippen LogP contribution in [0.3, 0.4) is 0 Å². The van der Waals surface area contributed by atoms with Gasteiger partial charge in [-0.05, 0) is 36.6 Å². The SMILES string of the molecule is C=CCn1c(SCC(=O)Nc2ccc(CC)cc2)nnc1-c1csc(CC)c1. The van der Waals surface area contributed by atoms with Crippen molar-refractivity contribution in [2.45, 2.75) is 38.4 Å². The number of nitrogens with one attached hydrogen (secondary N) is 1. The largest absolute Gasteiger partial charge is 0.325 e. The van der Waals surface area contributed by atoms with E-state index in [-0.39, 0.29) is 11.7 Å². The lowest BCUT2D eigenvalue weighted by Gasteiger charge is -2.08. The Morgan fingerprint density at radius 1 is 1.25 bits per heavy atom. The number of amides is 1. The number of aryl methyl sites for hydroxylation is 2. The number of carbonyl (C=O) groups excluding carboxylic acids is 1. The maximum Gasteiger partial charge on any atom is 0.234 e. The molecule has 7 heteroatoms. The van der Waals surface area contributed by atoms with E-state index in [1.54, 1.807) is 11.3 Å². The van der Waals surface area contributed by atoms with Crippen LogP contribution in [0.5, 0.6) is 0 Å². The molecule has 0 aliphatic carbocycles. The number of thiophene rings is 1. The predicted octanol–water partition coefficient (Wildman–Crippen LogP) is 5.05. The first-order chi connectivity index (χ1) is 13.6. The third-order valence-corrected chi connectivity index (χ3v) is 6.32. The van der Waals surface area contributed by atoms with E-state index in [4.69, 9.17) is 0 Å². The van der Waals surface area contributed by atoms with Gasteiger partial charge < -0.3 is 5.32 Å². The molecule has 0 radical (unpaired) electrons. The maximum atomic E-state index is 12.3. The van der Waals surface area contributed by atoms with Crippen LogP contribution in [0, 0.1) is 0 Å². The minimum Gasteiger partial charge on any atom is -0.325 e. The predicted molar refractivity (Wildman–Crippen MR) is 118 cm³/mol. The highest BCUT2D eigenvalue weighted by molar-refractivity contribution is 7.99. The quantitative estimate of drug-likeness (QED) is 0.395. The zero-order valence-electron chi connectivity index (χ0n) is 16.1. The molecule has 0 aliphatic rings. The highest BCUT2D eigenvalue weighted by Gasteiger charge is 2.16. The summed E-state index contributed by atoms with van der Waals surface area (Å²) in [6.07, 6.45) is 3.80. The van der Waals surface area contributed by atoms with Crippen LogP contribution in [0.4, 0.5) is 5.69 Å². The van der Waals surface area contributed by atoms with Gasteiger partial charge in [-0.3, -0.25) is 9.36 Å². The van der Waals surface area contributed by atoms with Gasteiger partial charge in [-0.1, -0.05) is 43.8 Å². The first-order valence-corrected chi connectivity index (χ1v) is 11.1. The van der Waals surface area contributed by atoms with E-state index in [1.807, 2.05) is 34.9 Å². The molecular formula is C21H24N4OS2. The standard InChI is InChI=1S/C21H24N4OS2/c1-4-11-25-20(16-12-18(6-3)27-13-16)23-24-21(25)28-14-19(26)22-17-9-7-15(5-2)8-10-17/h4,7-10,12-13H,1,5-6,11,14H2,2-3H3,(H,22,26). The smallest absolute Gasteiger partial charge is 0.234 e. The molecule has 0 spiro atoms. The molecule has 0 unspecified atom stereocenters. The summed E-state index contributed by atoms with van der Waals surface area (Å²) in [5, 5.41) is 14.4. The van der Waals surface area contributed by atoms with Crippen molar-refractivity contribution in [2.24, 2.45) is 0 Å². The van der Waals surface area contributed by atoms with E-state index < -0.39 is 0 Å². The van der Waals surface area contributed by atoms with Gasteiger partial charge in [-0.15, -0.1) is 28.1 Å². The first-order valence-electron chi connectivity index (χ1n) is 9.28. The summed E-state index contributed by atoms with van der Waals surface area (Å²) in [6.45, 7) is 8.68. The molecule has 1 aromatic carbocycles. The zero-order chi connectivity index (χ0) is 19.9. The Bertz CT molecular complexity index is 944. The second kappa shape index (κ2) is 9.71. The Morgan fingerprint density at radius 3 is 2.68 bits per heavy atom. The molecule has 1 amide bonds. The molecule has 1 N–H and O–H groups in total. The van der Waals surface area contributed by atoms with Crippen molar-refractivity contribution >= 4 is 34.7 Å². The Morgan fingerprint density at radius 2 is 2.04 bits per heavy atom. The normalized spacial score (nSPS) is 10.8. The fourth-order valence-electron chi connectivity index (χ4n) is 2.74. The number of carbonyl (C=O) groups is 1. The van der Waals surface area contributed by atoms with Gasteiger partial charge in [0.2, 0.25) is 5.91 Å². The average Bonchev–Trinajstić information content (AvgIpc) is 3.34. The number of anilines is 1. The van der Waals surface area contributed by atoms with Crippen LogP contribution in [-0.2, 0) is 24.2 Å².